The Morgan fingerprint density at radius 2 is 1.81 bits per heavy atom. The summed E-state index contributed by atoms with van der Waals surface area (Å²) >= 11 is 0. The maximum absolute atomic E-state index is 12.6. The molecule has 0 saturated heterocycles. The van der Waals surface area contributed by atoms with Gasteiger partial charge in [0.2, 0.25) is 10.0 Å². The van der Waals surface area contributed by atoms with Crippen LogP contribution in [0.4, 0.5) is 24.5 Å². The van der Waals surface area contributed by atoms with Gasteiger partial charge in [-0.05, 0) is 19.1 Å². The van der Waals surface area contributed by atoms with Gasteiger partial charge in [-0.3, -0.25) is 0 Å². The van der Waals surface area contributed by atoms with E-state index in [1.807, 2.05) is 0 Å². The van der Waals surface area contributed by atoms with Crippen LogP contribution in [0.3, 0.4) is 0 Å². The number of rotatable bonds is 5. The third kappa shape index (κ3) is 4.01. The molecule has 1 aromatic rings. The molecule has 21 heavy (non-hydrogen) atoms. The molecule has 1 aromatic carbocycles. The van der Waals surface area contributed by atoms with Crippen molar-refractivity contribution in [3.63, 3.8) is 0 Å². The van der Waals surface area contributed by atoms with Gasteiger partial charge in [0.25, 0.3) is 0 Å². The van der Waals surface area contributed by atoms with Gasteiger partial charge in [0.15, 0.2) is 0 Å². The first-order valence-corrected chi connectivity index (χ1v) is 7.57. The third-order valence-electron chi connectivity index (χ3n) is 2.89. The first kappa shape index (κ1) is 17.6. The summed E-state index contributed by atoms with van der Waals surface area (Å²) in [6.45, 7) is 0.395. The van der Waals surface area contributed by atoms with Gasteiger partial charge in [0, 0.05) is 20.6 Å². The minimum atomic E-state index is -4.40. The van der Waals surface area contributed by atoms with Crippen molar-refractivity contribution in [2.75, 3.05) is 37.8 Å². The highest BCUT2D eigenvalue weighted by atomic mass is 32.2. The SMILES string of the molecule is CCN(CC(F)(F)F)c1cccc(S(=O)(=O)N(C)C)c1N. The van der Waals surface area contributed by atoms with Crippen LogP contribution in [0.2, 0.25) is 0 Å². The Bertz CT molecular complexity index is 600. The molecule has 9 heteroatoms. The summed E-state index contributed by atoms with van der Waals surface area (Å²) in [5.41, 5.74) is 5.66. The number of para-hydroxylation sites is 1. The highest BCUT2D eigenvalue weighted by Crippen LogP contribution is 2.32. The number of hydrogen-bond acceptors (Lipinski definition) is 4. The number of nitrogens with two attached hydrogens (primary N) is 1. The molecule has 0 amide bonds. The van der Waals surface area contributed by atoms with E-state index in [0.29, 0.717) is 0 Å². The molecule has 120 valence electrons. The molecule has 0 unspecified atom stereocenters. The van der Waals surface area contributed by atoms with Crippen LogP contribution in [0.15, 0.2) is 23.1 Å². The number of nitrogens with zero attached hydrogens (tertiary/aromatic N) is 2. The van der Waals surface area contributed by atoms with E-state index in [-0.39, 0.29) is 22.8 Å². The van der Waals surface area contributed by atoms with Gasteiger partial charge in [-0.25, -0.2) is 12.7 Å². The van der Waals surface area contributed by atoms with Crippen molar-refractivity contribution in [1.82, 2.24) is 4.31 Å². The molecule has 0 bridgehead atoms. The van der Waals surface area contributed by atoms with Crippen molar-refractivity contribution in [3.05, 3.63) is 18.2 Å². The lowest BCUT2D eigenvalue weighted by molar-refractivity contribution is -0.119. The third-order valence-corrected chi connectivity index (χ3v) is 4.77. The smallest absolute Gasteiger partial charge is 0.396 e. The maximum Gasteiger partial charge on any atom is 0.405 e. The van der Waals surface area contributed by atoms with Gasteiger partial charge in [-0.2, -0.15) is 13.2 Å². The lowest BCUT2D eigenvalue weighted by Gasteiger charge is -2.27. The van der Waals surface area contributed by atoms with E-state index in [4.69, 9.17) is 5.73 Å². The molecule has 0 aliphatic rings. The average molecular weight is 325 g/mol. The predicted molar refractivity (Wildman–Crippen MR) is 75.7 cm³/mol. The quantitative estimate of drug-likeness (QED) is 0.840. The van der Waals surface area contributed by atoms with Crippen LogP contribution in [0.5, 0.6) is 0 Å². The van der Waals surface area contributed by atoms with Gasteiger partial charge in [-0.1, -0.05) is 6.07 Å². The van der Waals surface area contributed by atoms with Crippen LogP contribution in [-0.2, 0) is 10.0 Å². The van der Waals surface area contributed by atoms with E-state index in [0.717, 1.165) is 9.21 Å². The lowest BCUT2D eigenvalue weighted by Crippen LogP contribution is -2.35. The van der Waals surface area contributed by atoms with E-state index in [1.54, 1.807) is 0 Å². The predicted octanol–water partition coefficient (Wildman–Crippen LogP) is 1.91. The average Bonchev–Trinajstić information content (AvgIpc) is 2.35. The van der Waals surface area contributed by atoms with Crippen LogP contribution in [0.25, 0.3) is 0 Å². The Hall–Kier alpha value is -1.48. The highest BCUT2D eigenvalue weighted by Gasteiger charge is 2.32. The normalized spacial score (nSPS) is 12.7. The van der Waals surface area contributed by atoms with E-state index in [2.05, 4.69) is 0 Å². The van der Waals surface area contributed by atoms with E-state index in [1.165, 1.54) is 39.2 Å². The van der Waals surface area contributed by atoms with Crippen LogP contribution in [-0.4, -0.2) is 46.1 Å². The first-order chi connectivity index (χ1) is 9.50. The number of benzene rings is 1. The molecule has 0 aliphatic carbocycles. The fourth-order valence-electron chi connectivity index (χ4n) is 1.81. The number of anilines is 2. The second-order valence-corrected chi connectivity index (χ2v) is 6.73. The molecule has 0 aromatic heterocycles. The lowest BCUT2D eigenvalue weighted by atomic mass is 10.2. The monoisotopic (exact) mass is 325 g/mol. The largest absolute Gasteiger partial charge is 0.405 e. The molecule has 1 rings (SSSR count). The molecular formula is C12H18F3N3O2S. The van der Waals surface area contributed by atoms with E-state index < -0.39 is 22.7 Å². The second-order valence-electron chi connectivity index (χ2n) is 4.61. The summed E-state index contributed by atoms with van der Waals surface area (Å²) in [6.07, 6.45) is -4.40. The summed E-state index contributed by atoms with van der Waals surface area (Å²) < 4.78 is 62.9. The van der Waals surface area contributed by atoms with Crippen molar-refractivity contribution < 1.29 is 21.6 Å². The molecule has 0 fully saturated rings. The minimum absolute atomic E-state index is 0.0508. The van der Waals surface area contributed by atoms with E-state index in [9.17, 15) is 21.6 Å². The Morgan fingerprint density at radius 3 is 2.24 bits per heavy atom. The van der Waals surface area contributed by atoms with Gasteiger partial charge >= 0.3 is 6.18 Å². The Balaban J connectivity index is 3.34. The molecule has 0 spiro atoms. The molecule has 0 atom stereocenters. The number of nitrogen functional groups attached to an aromatic ring is 1. The molecular weight excluding hydrogens is 307 g/mol. The van der Waals surface area contributed by atoms with Crippen LogP contribution >= 0.6 is 0 Å². The maximum atomic E-state index is 12.6. The topological polar surface area (TPSA) is 66.6 Å². The van der Waals surface area contributed by atoms with Crippen molar-refractivity contribution >= 4 is 21.4 Å². The highest BCUT2D eigenvalue weighted by molar-refractivity contribution is 7.89. The number of halogens is 3. The Morgan fingerprint density at radius 1 is 1.24 bits per heavy atom. The Kier molecular flexibility index (Phi) is 5.11. The second kappa shape index (κ2) is 6.10. The summed E-state index contributed by atoms with van der Waals surface area (Å²) in [5, 5.41) is 0. The number of hydrogen-bond donors (Lipinski definition) is 1. The van der Waals surface area contributed by atoms with Crippen molar-refractivity contribution in [2.24, 2.45) is 0 Å². The van der Waals surface area contributed by atoms with E-state index >= 15 is 0 Å². The zero-order valence-electron chi connectivity index (χ0n) is 12.0. The van der Waals surface area contributed by atoms with Crippen molar-refractivity contribution in [3.8, 4) is 0 Å². The standard InChI is InChI=1S/C12H18F3N3O2S/c1-4-18(8-12(13,14)15)9-6-5-7-10(11(9)16)21(19,20)17(2)3/h5-7H,4,8,16H2,1-3H3. The van der Waals surface area contributed by atoms with Gasteiger partial charge < -0.3 is 10.6 Å². The molecule has 2 N–H and O–H groups in total. The van der Waals surface area contributed by atoms with Crippen LogP contribution in [0.1, 0.15) is 6.92 Å². The summed E-state index contributed by atoms with van der Waals surface area (Å²) in [4.78, 5) is 0.787. The van der Waals surface area contributed by atoms with Gasteiger partial charge in [0.1, 0.15) is 11.4 Å². The van der Waals surface area contributed by atoms with Crippen molar-refractivity contribution in [2.45, 2.75) is 18.0 Å². The van der Waals surface area contributed by atoms with Crippen LogP contribution in [0, 0.1) is 0 Å². The zero-order valence-corrected chi connectivity index (χ0v) is 12.8. The van der Waals surface area contributed by atoms with Crippen molar-refractivity contribution in [1.29, 1.82) is 0 Å². The molecule has 0 saturated carbocycles. The fourth-order valence-corrected chi connectivity index (χ4v) is 2.84. The molecule has 0 heterocycles. The fraction of sp³-hybridized carbons (Fsp3) is 0.500. The number of alkyl halides is 3. The van der Waals surface area contributed by atoms with Crippen LogP contribution < -0.4 is 10.6 Å². The Labute approximate surface area is 122 Å². The summed E-state index contributed by atoms with van der Waals surface area (Å²) in [6, 6.07) is 4.02. The first-order valence-electron chi connectivity index (χ1n) is 6.13. The summed E-state index contributed by atoms with van der Waals surface area (Å²) in [7, 11) is -1.16. The van der Waals surface area contributed by atoms with Gasteiger partial charge in [0.05, 0.1) is 11.4 Å². The number of sulfonamides is 1. The minimum Gasteiger partial charge on any atom is -0.396 e. The van der Waals surface area contributed by atoms with Gasteiger partial charge in [-0.15, -0.1) is 0 Å². The molecule has 5 nitrogen and oxygen atoms in total. The molecule has 0 aliphatic heterocycles. The summed E-state index contributed by atoms with van der Waals surface area (Å²) in [5.74, 6) is 0. The zero-order chi connectivity index (χ0) is 16.4. The molecule has 0 radical (unpaired) electrons.